The van der Waals surface area contributed by atoms with Crippen molar-refractivity contribution in [2.24, 2.45) is 0 Å². The minimum atomic E-state index is -0.852. The normalized spacial score (nSPS) is 12.0. The number of rotatable bonds is 6. The number of methoxy groups -OCH3 is 2. The summed E-state index contributed by atoms with van der Waals surface area (Å²) in [5, 5.41) is 13.7. The van der Waals surface area contributed by atoms with Gasteiger partial charge in [0.2, 0.25) is 0 Å². The van der Waals surface area contributed by atoms with Crippen molar-refractivity contribution in [3.05, 3.63) is 24.4 Å². The molecule has 0 amide bonds. The fourth-order valence-corrected chi connectivity index (χ4v) is 2.16. The second kappa shape index (κ2) is 6.30. The number of aliphatic carboxylic acids is 1. The molecule has 2 N–H and O–H groups in total. The number of benzene rings is 1. The van der Waals surface area contributed by atoms with E-state index in [0.717, 1.165) is 10.8 Å². The van der Waals surface area contributed by atoms with Gasteiger partial charge >= 0.3 is 5.97 Å². The number of ether oxygens (including phenoxy) is 2. The molecule has 6 nitrogen and oxygen atoms in total. The monoisotopic (exact) mass is 290 g/mol. The molecule has 0 saturated carbocycles. The molecule has 21 heavy (non-hydrogen) atoms. The highest BCUT2D eigenvalue weighted by molar-refractivity contribution is 5.94. The molecule has 1 unspecified atom stereocenters. The molecule has 0 aliphatic rings. The van der Waals surface area contributed by atoms with Crippen molar-refractivity contribution in [3.63, 3.8) is 0 Å². The van der Waals surface area contributed by atoms with E-state index in [1.165, 1.54) is 0 Å². The zero-order chi connectivity index (χ0) is 15.4. The zero-order valence-corrected chi connectivity index (χ0v) is 12.2. The van der Waals surface area contributed by atoms with Crippen molar-refractivity contribution in [1.82, 2.24) is 4.98 Å². The number of anilines is 1. The lowest BCUT2D eigenvalue weighted by Crippen LogP contribution is -2.20. The third-order valence-corrected chi connectivity index (χ3v) is 3.13. The van der Waals surface area contributed by atoms with E-state index in [0.29, 0.717) is 17.3 Å². The number of aromatic nitrogens is 1. The molecule has 2 rings (SSSR count). The summed E-state index contributed by atoms with van der Waals surface area (Å²) < 4.78 is 10.6. The van der Waals surface area contributed by atoms with Crippen LogP contribution >= 0.6 is 0 Å². The quantitative estimate of drug-likeness (QED) is 0.851. The van der Waals surface area contributed by atoms with Crippen LogP contribution in [0.25, 0.3) is 10.8 Å². The zero-order valence-electron chi connectivity index (χ0n) is 12.2. The molecular weight excluding hydrogens is 272 g/mol. The second-order valence-electron chi connectivity index (χ2n) is 4.73. The van der Waals surface area contributed by atoms with E-state index in [9.17, 15) is 4.79 Å². The first kappa shape index (κ1) is 14.9. The highest BCUT2D eigenvalue weighted by Gasteiger charge is 2.13. The maximum Gasteiger partial charge on any atom is 0.305 e. The molecule has 0 bridgehead atoms. The Balaban J connectivity index is 2.42. The Labute approximate surface area is 122 Å². The molecule has 0 aliphatic carbocycles. The van der Waals surface area contributed by atoms with Crippen molar-refractivity contribution in [1.29, 1.82) is 0 Å². The number of hydrogen-bond donors (Lipinski definition) is 2. The number of hydrogen-bond acceptors (Lipinski definition) is 5. The summed E-state index contributed by atoms with van der Waals surface area (Å²) in [7, 11) is 3.15. The van der Waals surface area contributed by atoms with Crippen molar-refractivity contribution >= 4 is 22.6 Å². The van der Waals surface area contributed by atoms with Crippen LogP contribution in [0.3, 0.4) is 0 Å². The van der Waals surface area contributed by atoms with Gasteiger partial charge in [-0.15, -0.1) is 0 Å². The number of fused-ring (bicyclic) bond motifs is 1. The van der Waals surface area contributed by atoms with Gasteiger partial charge < -0.3 is 19.9 Å². The smallest absolute Gasteiger partial charge is 0.305 e. The Hall–Kier alpha value is -2.50. The van der Waals surface area contributed by atoms with Gasteiger partial charge in [0.25, 0.3) is 0 Å². The molecule has 0 radical (unpaired) electrons. The summed E-state index contributed by atoms with van der Waals surface area (Å²) in [6.07, 6.45) is 1.69. The molecule has 6 heteroatoms. The Bertz CT molecular complexity index is 657. The first-order valence-electron chi connectivity index (χ1n) is 6.54. The van der Waals surface area contributed by atoms with Gasteiger partial charge in [0.05, 0.1) is 20.6 Å². The average molecular weight is 290 g/mol. The van der Waals surface area contributed by atoms with Gasteiger partial charge in [-0.1, -0.05) is 0 Å². The van der Waals surface area contributed by atoms with Crippen molar-refractivity contribution in [2.75, 3.05) is 19.5 Å². The number of nitrogens with one attached hydrogen (secondary N) is 1. The molecule has 1 heterocycles. The van der Waals surface area contributed by atoms with E-state index in [2.05, 4.69) is 10.3 Å². The number of carboxylic acids is 1. The lowest BCUT2D eigenvalue weighted by Gasteiger charge is -2.15. The number of nitrogens with zero attached hydrogens (tertiary/aromatic N) is 1. The van der Waals surface area contributed by atoms with E-state index < -0.39 is 5.97 Å². The fourth-order valence-electron chi connectivity index (χ4n) is 2.16. The van der Waals surface area contributed by atoms with Gasteiger partial charge in [0, 0.05) is 17.6 Å². The van der Waals surface area contributed by atoms with Crippen LogP contribution in [0.5, 0.6) is 11.5 Å². The molecular formula is C15H18N2O4. The highest BCUT2D eigenvalue weighted by atomic mass is 16.5. The summed E-state index contributed by atoms with van der Waals surface area (Å²) in [6.45, 7) is 1.80. The largest absolute Gasteiger partial charge is 0.493 e. The van der Waals surface area contributed by atoms with Crippen LogP contribution in [0.15, 0.2) is 24.4 Å². The molecule has 0 saturated heterocycles. The lowest BCUT2D eigenvalue weighted by atomic mass is 10.1. The van der Waals surface area contributed by atoms with Gasteiger partial charge in [0.1, 0.15) is 5.82 Å². The van der Waals surface area contributed by atoms with E-state index in [-0.39, 0.29) is 12.5 Å². The highest BCUT2D eigenvalue weighted by Crippen LogP contribution is 2.34. The van der Waals surface area contributed by atoms with E-state index in [4.69, 9.17) is 14.6 Å². The first-order chi connectivity index (χ1) is 10.0. The summed E-state index contributed by atoms with van der Waals surface area (Å²) in [6, 6.07) is 5.33. The van der Waals surface area contributed by atoms with Crippen LogP contribution in [0.1, 0.15) is 13.3 Å². The van der Waals surface area contributed by atoms with Crippen molar-refractivity contribution in [2.45, 2.75) is 19.4 Å². The van der Waals surface area contributed by atoms with Crippen LogP contribution in [0.4, 0.5) is 5.82 Å². The molecule has 0 spiro atoms. The Morgan fingerprint density at radius 2 is 2.00 bits per heavy atom. The SMILES string of the molecule is COc1cc2ccnc(NC(C)CC(=O)O)c2cc1OC. The summed E-state index contributed by atoms with van der Waals surface area (Å²) in [4.78, 5) is 15.0. The molecule has 1 atom stereocenters. The first-order valence-corrected chi connectivity index (χ1v) is 6.54. The van der Waals surface area contributed by atoms with Gasteiger partial charge in [-0.2, -0.15) is 0 Å². The molecule has 0 fully saturated rings. The topological polar surface area (TPSA) is 80.7 Å². The number of carboxylic acid groups (broad SMARTS) is 1. The van der Waals surface area contributed by atoms with Crippen LogP contribution in [-0.2, 0) is 4.79 Å². The predicted octanol–water partition coefficient (Wildman–Crippen LogP) is 2.53. The van der Waals surface area contributed by atoms with Gasteiger partial charge in [-0.3, -0.25) is 4.79 Å². The molecule has 1 aromatic carbocycles. The van der Waals surface area contributed by atoms with Crippen molar-refractivity contribution < 1.29 is 19.4 Å². The van der Waals surface area contributed by atoms with Crippen LogP contribution < -0.4 is 14.8 Å². The van der Waals surface area contributed by atoms with Gasteiger partial charge in [0.15, 0.2) is 11.5 Å². The van der Waals surface area contributed by atoms with E-state index >= 15 is 0 Å². The maximum absolute atomic E-state index is 10.8. The third-order valence-electron chi connectivity index (χ3n) is 3.13. The molecule has 0 aliphatic heterocycles. The lowest BCUT2D eigenvalue weighted by molar-refractivity contribution is -0.137. The minimum absolute atomic E-state index is 0.0192. The predicted molar refractivity (Wildman–Crippen MR) is 80.2 cm³/mol. The summed E-state index contributed by atoms with van der Waals surface area (Å²) in [5.74, 6) is 1.02. The van der Waals surface area contributed by atoms with Crippen molar-refractivity contribution in [3.8, 4) is 11.5 Å². The van der Waals surface area contributed by atoms with Gasteiger partial charge in [-0.25, -0.2) is 4.98 Å². The second-order valence-corrected chi connectivity index (χ2v) is 4.73. The molecule has 112 valence electrons. The van der Waals surface area contributed by atoms with Crippen LogP contribution in [0, 0.1) is 0 Å². The Morgan fingerprint density at radius 1 is 1.33 bits per heavy atom. The number of carbonyl (C=O) groups is 1. The van der Waals surface area contributed by atoms with Crippen LogP contribution in [0.2, 0.25) is 0 Å². The minimum Gasteiger partial charge on any atom is -0.493 e. The fraction of sp³-hybridized carbons (Fsp3) is 0.333. The van der Waals surface area contributed by atoms with E-state index in [1.54, 1.807) is 27.3 Å². The molecule has 2 aromatic rings. The standard InChI is InChI=1S/C15H18N2O4/c1-9(6-14(18)19)17-15-11-8-13(21-3)12(20-2)7-10(11)4-5-16-15/h4-5,7-9H,6H2,1-3H3,(H,16,17)(H,18,19). The average Bonchev–Trinajstić information content (AvgIpc) is 2.45. The van der Waals surface area contributed by atoms with Crippen LogP contribution in [-0.4, -0.2) is 36.3 Å². The van der Waals surface area contributed by atoms with Gasteiger partial charge in [-0.05, 0) is 30.5 Å². The summed E-state index contributed by atoms with van der Waals surface area (Å²) in [5.41, 5.74) is 0. The Kier molecular flexibility index (Phi) is 4.47. The molecule has 1 aromatic heterocycles. The van der Waals surface area contributed by atoms with E-state index in [1.807, 2.05) is 18.2 Å². The summed E-state index contributed by atoms with van der Waals surface area (Å²) >= 11 is 0. The maximum atomic E-state index is 10.8. The third kappa shape index (κ3) is 3.34. The number of pyridine rings is 1. The Morgan fingerprint density at radius 3 is 2.62 bits per heavy atom.